The number of carbonyl (C=O) groups excluding carboxylic acids is 1. The molecular formula is C21H33N5O. The number of nitrogens with one attached hydrogen (secondary N) is 1. The lowest BCUT2D eigenvalue weighted by atomic mass is 9.94. The lowest BCUT2D eigenvalue weighted by Gasteiger charge is -2.31. The fraction of sp³-hybridized carbons (Fsp3) is 0.667. The van der Waals surface area contributed by atoms with Crippen LogP contribution in [-0.4, -0.2) is 51.6 Å². The third kappa shape index (κ3) is 4.86. The van der Waals surface area contributed by atoms with Gasteiger partial charge in [-0.3, -0.25) is 4.79 Å². The van der Waals surface area contributed by atoms with E-state index in [4.69, 9.17) is 0 Å². The third-order valence-electron chi connectivity index (χ3n) is 5.87. The van der Waals surface area contributed by atoms with Crippen molar-refractivity contribution < 1.29 is 4.79 Å². The summed E-state index contributed by atoms with van der Waals surface area (Å²) >= 11 is 0. The number of aryl methyl sites for hydroxylation is 3. The average molecular weight is 372 g/mol. The zero-order chi connectivity index (χ0) is 19.4. The highest BCUT2D eigenvalue weighted by Gasteiger charge is 2.18. The Kier molecular flexibility index (Phi) is 6.47. The maximum absolute atomic E-state index is 12.3. The fourth-order valence-corrected chi connectivity index (χ4v) is 4.21. The Balaban J connectivity index is 1.48. The molecule has 2 aromatic heterocycles. The molecular weight excluding hydrogens is 338 g/mol. The maximum Gasteiger partial charge on any atom is 0.220 e. The molecule has 3 rings (SSSR count). The summed E-state index contributed by atoms with van der Waals surface area (Å²) in [7, 11) is 2.18. The first-order chi connectivity index (χ1) is 13.0. The van der Waals surface area contributed by atoms with Crippen molar-refractivity contribution in [2.24, 2.45) is 0 Å². The second-order valence-corrected chi connectivity index (χ2v) is 7.94. The zero-order valence-corrected chi connectivity index (χ0v) is 17.2. The Bertz CT molecular complexity index is 791. The van der Waals surface area contributed by atoms with Crippen LogP contribution < -0.4 is 5.32 Å². The predicted octanol–water partition coefficient (Wildman–Crippen LogP) is 2.97. The van der Waals surface area contributed by atoms with Crippen molar-refractivity contribution in [2.75, 3.05) is 20.1 Å². The average Bonchev–Trinajstić information content (AvgIpc) is 3.02. The molecule has 1 N–H and O–H groups in total. The van der Waals surface area contributed by atoms with Crippen molar-refractivity contribution in [3.63, 3.8) is 0 Å². The van der Waals surface area contributed by atoms with E-state index >= 15 is 0 Å². The topological polar surface area (TPSA) is 62.5 Å². The summed E-state index contributed by atoms with van der Waals surface area (Å²) in [6, 6.07) is 2.68. The van der Waals surface area contributed by atoms with Crippen LogP contribution in [0, 0.1) is 20.8 Å². The van der Waals surface area contributed by atoms with Crippen molar-refractivity contribution >= 4 is 11.6 Å². The highest BCUT2D eigenvalue weighted by Crippen LogP contribution is 2.21. The number of likely N-dealkylation sites (N-methyl/N-ethyl adjacent to an activating group) is 1. The fourth-order valence-electron chi connectivity index (χ4n) is 4.21. The van der Waals surface area contributed by atoms with Crippen molar-refractivity contribution in [3.8, 4) is 0 Å². The minimum absolute atomic E-state index is 0.114. The number of aromatic nitrogens is 3. The number of hydrogen-bond donors (Lipinski definition) is 1. The molecule has 1 aliphatic carbocycles. The second-order valence-electron chi connectivity index (χ2n) is 7.94. The van der Waals surface area contributed by atoms with Gasteiger partial charge < -0.3 is 10.2 Å². The molecule has 0 atom stereocenters. The summed E-state index contributed by atoms with van der Waals surface area (Å²) in [6.45, 7) is 7.69. The molecule has 1 saturated carbocycles. The van der Waals surface area contributed by atoms with Crippen LogP contribution in [-0.2, 0) is 11.2 Å². The van der Waals surface area contributed by atoms with Crippen LogP contribution in [0.4, 0.5) is 0 Å². The standard InChI is InChI=1S/C21H33N5O/c1-15-14-20-23-16(2)19(17(3)26(20)24-15)10-11-21(27)22-12-13-25(4)18-8-6-5-7-9-18/h14,18H,5-13H2,1-4H3,(H,22,27). The van der Waals surface area contributed by atoms with Gasteiger partial charge in [-0.15, -0.1) is 0 Å². The Hall–Kier alpha value is -1.95. The van der Waals surface area contributed by atoms with E-state index in [9.17, 15) is 4.79 Å². The van der Waals surface area contributed by atoms with Crippen LogP contribution in [0.1, 0.15) is 61.2 Å². The summed E-state index contributed by atoms with van der Waals surface area (Å²) in [4.78, 5) is 19.3. The number of fused-ring (bicyclic) bond motifs is 1. The number of nitrogens with zero attached hydrogens (tertiary/aromatic N) is 4. The first-order valence-corrected chi connectivity index (χ1v) is 10.2. The molecule has 2 heterocycles. The molecule has 0 bridgehead atoms. The molecule has 2 aromatic rings. The minimum atomic E-state index is 0.114. The zero-order valence-electron chi connectivity index (χ0n) is 17.2. The van der Waals surface area contributed by atoms with Crippen LogP contribution in [0.25, 0.3) is 5.65 Å². The highest BCUT2D eigenvalue weighted by atomic mass is 16.1. The van der Waals surface area contributed by atoms with Crippen molar-refractivity contribution in [2.45, 2.75) is 71.8 Å². The Morgan fingerprint density at radius 3 is 2.74 bits per heavy atom. The van der Waals surface area contributed by atoms with E-state index in [0.29, 0.717) is 18.9 Å². The summed E-state index contributed by atoms with van der Waals surface area (Å²) in [5, 5.41) is 7.58. The summed E-state index contributed by atoms with van der Waals surface area (Å²) < 4.78 is 1.88. The van der Waals surface area contributed by atoms with Crippen LogP contribution in [0.2, 0.25) is 0 Å². The molecule has 0 saturated heterocycles. The number of amides is 1. The van der Waals surface area contributed by atoms with Crippen molar-refractivity contribution in [1.29, 1.82) is 0 Å². The molecule has 1 fully saturated rings. The van der Waals surface area contributed by atoms with Crippen LogP contribution in [0.5, 0.6) is 0 Å². The van der Waals surface area contributed by atoms with E-state index in [-0.39, 0.29) is 5.91 Å². The minimum Gasteiger partial charge on any atom is -0.355 e. The van der Waals surface area contributed by atoms with Gasteiger partial charge >= 0.3 is 0 Å². The monoisotopic (exact) mass is 371 g/mol. The first-order valence-electron chi connectivity index (χ1n) is 10.2. The number of hydrogen-bond acceptors (Lipinski definition) is 4. The van der Waals surface area contributed by atoms with E-state index in [1.807, 2.05) is 24.4 Å². The van der Waals surface area contributed by atoms with Gasteiger partial charge in [-0.1, -0.05) is 19.3 Å². The maximum atomic E-state index is 12.3. The third-order valence-corrected chi connectivity index (χ3v) is 5.87. The molecule has 6 heteroatoms. The van der Waals surface area contributed by atoms with Crippen LogP contribution >= 0.6 is 0 Å². The SMILES string of the molecule is Cc1cc2nc(C)c(CCC(=O)NCCN(C)C3CCCCC3)c(C)n2n1. The van der Waals surface area contributed by atoms with Gasteiger partial charge in [0.25, 0.3) is 0 Å². The number of rotatable bonds is 7. The van der Waals surface area contributed by atoms with Gasteiger partial charge in [0.1, 0.15) is 0 Å². The van der Waals surface area contributed by atoms with Gasteiger partial charge in [0.05, 0.1) is 5.69 Å². The molecule has 6 nitrogen and oxygen atoms in total. The lowest BCUT2D eigenvalue weighted by Crippen LogP contribution is -2.39. The van der Waals surface area contributed by atoms with Crippen LogP contribution in [0.15, 0.2) is 6.07 Å². The Morgan fingerprint density at radius 1 is 1.26 bits per heavy atom. The Labute approximate surface area is 162 Å². The van der Waals surface area contributed by atoms with Crippen molar-refractivity contribution in [1.82, 2.24) is 24.8 Å². The summed E-state index contributed by atoms with van der Waals surface area (Å²) in [5.41, 5.74) is 5.03. The van der Waals surface area contributed by atoms with Crippen molar-refractivity contribution in [3.05, 3.63) is 28.7 Å². The van der Waals surface area contributed by atoms with Gasteiger partial charge in [-0.05, 0) is 52.6 Å². The highest BCUT2D eigenvalue weighted by molar-refractivity contribution is 5.76. The smallest absolute Gasteiger partial charge is 0.220 e. The van der Waals surface area contributed by atoms with Gasteiger partial charge in [0.15, 0.2) is 5.65 Å². The quantitative estimate of drug-likeness (QED) is 0.813. The molecule has 0 aliphatic heterocycles. The van der Waals surface area contributed by atoms with Gasteiger partial charge in [0.2, 0.25) is 5.91 Å². The second kappa shape index (κ2) is 8.83. The van der Waals surface area contributed by atoms with Crippen LogP contribution in [0.3, 0.4) is 0 Å². The molecule has 0 unspecified atom stereocenters. The molecule has 1 aliphatic rings. The molecule has 148 valence electrons. The molecule has 0 radical (unpaired) electrons. The summed E-state index contributed by atoms with van der Waals surface area (Å²) in [5.74, 6) is 0.114. The largest absolute Gasteiger partial charge is 0.355 e. The molecule has 0 spiro atoms. The van der Waals surface area contributed by atoms with Gasteiger partial charge in [0, 0.05) is 43.0 Å². The van der Waals surface area contributed by atoms with Gasteiger partial charge in [-0.25, -0.2) is 9.50 Å². The molecule has 1 amide bonds. The van der Waals surface area contributed by atoms with E-state index in [0.717, 1.165) is 41.4 Å². The van der Waals surface area contributed by atoms with Gasteiger partial charge in [-0.2, -0.15) is 5.10 Å². The lowest BCUT2D eigenvalue weighted by molar-refractivity contribution is -0.121. The predicted molar refractivity (Wildman–Crippen MR) is 108 cm³/mol. The van der Waals surface area contributed by atoms with E-state index < -0.39 is 0 Å². The first kappa shape index (κ1) is 19.8. The summed E-state index contributed by atoms with van der Waals surface area (Å²) in [6.07, 6.45) is 7.84. The number of carbonyl (C=O) groups is 1. The van der Waals surface area contributed by atoms with E-state index in [2.05, 4.69) is 34.3 Å². The molecule has 0 aromatic carbocycles. The molecule has 27 heavy (non-hydrogen) atoms. The normalized spacial score (nSPS) is 15.6. The van der Waals surface area contributed by atoms with E-state index in [1.165, 1.54) is 32.1 Å². The van der Waals surface area contributed by atoms with E-state index in [1.54, 1.807) is 0 Å². The Morgan fingerprint density at radius 2 is 2.00 bits per heavy atom.